The zero-order valence-electron chi connectivity index (χ0n) is 22.6. The summed E-state index contributed by atoms with van der Waals surface area (Å²) < 4.78 is 8.91. The van der Waals surface area contributed by atoms with Gasteiger partial charge in [0.1, 0.15) is 17.0 Å². The van der Waals surface area contributed by atoms with Gasteiger partial charge in [0.25, 0.3) is 0 Å². The van der Waals surface area contributed by atoms with E-state index in [1.54, 1.807) is 0 Å². The van der Waals surface area contributed by atoms with E-state index >= 15 is 0 Å². The summed E-state index contributed by atoms with van der Waals surface area (Å²) in [5.74, 6) is 0.857. The van der Waals surface area contributed by atoms with Gasteiger partial charge in [-0.3, -0.25) is 4.57 Å². The van der Waals surface area contributed by atoms with Crippen molar-refractivity contribution >= 4 is 33.0 Å². The number of benzene rings is 6. The molecule has 0 unspecified atom stereocenters. The number of fused-ring (bicyclic) bond motifs is 4. The van der Waals surface area contributed by atoms with E-state index in [2.05, 4.69) is 139 Å². The minimum atomic E-state index is 0.857. The van der Waals surface area contributed by atoms with Crippen LogP contribution in [0.15, 0.2) is 144 Å². The summed E-state index contributed by atoms with van der Waals surface area (Å²) in [5.41, 5.74) is 11.6. The Balaban J connectivity index is 1.53. The first-order valence-corrected chi connectivity index (χ1v) is 13.9. The van der Waals surface area contributed by atoms with Gasteiger partial charge in [0, 0.05) is 21.9 Å². The lowest BCUT2D eigenvalue weighted by Crippen LogP contribution is -2.03. The molecular formula is C38H26N2O. The molecule has 0 N–H and O–H groups in total. The van der Waals surface area contributed by atoms with Gasteiger partial charge in [0.05, 0.1) is 22.3 Å². The summed E-state index contributed by atoms with van der Waals surface area (Å²) in [6.07, 6.45) is 0. The topological polar surface area (TPSA) is 31.0 Å². The summed E-state index contributed by atoms with van der Waals surface area (Å²) in [6.45, 7) is 2.15. The first kappa shape index (κ1) is 23.5. The first-order valence-electron chi connectivity index (χ1n) is 13.9. The number of para-hydroxylation sites is 4. The Labute approximate surface area is 238 Å². The molecular weight excluding hydrogens is 500 g/mol. The molecule has 0 atom stereocenters. The molecule has 0 saturated carbocycles. The molecule has 0 bridgehead atoms. The molecule has 8 aromatic rings. The van der Waals surface area contributed by atoms with Crippen LogP contribution in [-0.4, -0.2) is 9.55 Å². The van der Waals surface area contributed by atoms with Crippen molar-refractivity contribution in [2.45, 2.75) is 6.92 Å². The van der Waals surface area contributed by atoms with E-state index in [1.165, 1.54) is 5.56 Å². The average Bonchev–Trinajstić information content (AvgIpc) is 3.61. The summed E-state index contributed by atoms with van der Waals surface area (Å²) in [7, 11) is 0. The fourth-order valence-electron chi connectivity index (χ4n) is 6.09. The second-order valence-corrected chi connectivity index (χ2v) is 10.4. The zero-order chi connectivity index (χ0) is 27.3. The van der Waals surface area contributed by atoms with E-state index < -0.39 is 0 Å². The maximum absolute atomic E-state index is 6.58. The van der Waals surface area contributed by atoms with Gasteiger partial charge in [0.2, 0.25) is 0 Å². The molecule has 3 nitrogen and oxygen atoms in total. The van der Waals surface area contributed by atoms with Gasteiger partial charge in [0.15, 0.2) is 0 Å². The summed E-state index contributed by atoms with van der Waals surface area (Å²) in [6, 6.07) is 48.8. The van der Waals surface area contributed by atoms with E-state index in [9.17, 15) is 0 Å². The Kier molecular flexibility index (Phi) is 5.36. The Hall–Kier alpha value is -5.41. The maximum atomic E-state index is 6.58. The molecule has 8 rings (SSSR count). The molecule has 0 spiro atoms. The molecule has 194 valence electrons. The predicted molar refractivity (Wildman–Crippen MR) is 169 cm³/mol. The lowest BCUT2D eigenvalue weighted by Gasteiger charge is -2.20. The molecule has 6 aromatic carbocycles. The van der Waals surface area contributed by atoms with Crippen LogP contribution in [0.4, 0.5) is 0 Å². The number of furan rings is 1. The van der Waals surface area contributed by atoms with Crippen molar-refractivity contribution in [3.63, 3.8) is 0 Å². The third-order valence-corrected chi connectivity index (χ3v) is 7.97. The summed E-state index contributed by atoms with van der Waals surface area (Å²) >= 11 is 0. The van der Waals surface area contributed by atoms with Gasteiger partial charge in [-0.2, -0.15) is 0 Å². The van der Waals surface area contributed by atoms with Crippen LogP contribution >= 0.6 is 0 Å². The van der Waals surface area contributed by atoms with Gasteiger partial charge in [-0.05, 0) is 47.9 Å². The number of hydrogen-bond acceptors (Lipinski definition) is 2. The smallest absolute Gasteiger partial charge is 0.149 e. The molecule has 0 aliphatic heterocycles. The SMILES string of the molecule is Cc1ccc(-c2nc3ccccc3n2-c2c(-c3ccccc3)cccc2-c2ccccc2)c2oc3ccccc3c12. The number of imidazole rings is 1. The van der Waals surface area contributed by atoms with Crippen molar-refractivity contribution in [2.75, 3.05) is 0 Å². The molecule has 2 aromatic heterocycles. The normalized spacial score (nSPS) is 11.5. The second-order valence-electron chi connectivity index (χ2n) is 10.4. The fourth-order valence-corrected chi connectivity index (χ4v) is 6.09. The number of aryl methyl sites for hydroxylation is 1. The van der Waals surface area contributed by atoms with Crippen molar-refractivity contribution in [3.05, 3.63) is 145 Å². The van der Waals surface area contributed by atoms with Gasteiger partial charge in [-0.15, -0.1) is 0 Å². The van der Waals surface area contributed by atoms with Crippen LogP contribution < -0.4 is 0 Å². The lowest BCUT2D eigenvalue weighted by molar-refractivity contribution is 0.669. The standard InChI is InChI=1S/C38H26N2O/c1-25-23-24-31(37-35(25)30-17-8-11-22-34(30)41-37)38-39-32-20-9-10-21-33(32)40(38)36-28(26-13-4-2-5-14-26)18-12-19-29(36)27-15-6-3-7-16-27/h2-24H,1H3. The minimum absolute atomic E-state index is 0.857. The molecule has 0 saturated heterocycles. The fraction of sp³-hybridized carbons (Fsp3) is 0.0263. The van der Waals surface area contributed by atoms with E-state index in [0.29, 0.717) is 0 Å². The van der Waals surface area contributed by atoms with Gasteiger partial charge in [-0.25, -0.2) is 4.98 Å². The average molecular weight is 527 g/mol. The van der Waals surface area contributed by atoms with Gasteiger partial charge >= 0.3 is 0 Å². The van der Waals surface area contributed by atoms with E-state index in [4.69, 9.17) is 9.40 Å². The molecule has 0 aliphatic rings. The van der Waals surface area contributed by atoms with Crippen molar-refractivity contribution < 1.29 is 4.42 Å². The molecule has 3 heteroatoms. The Morgan fingerprint density at radius 1 is 0.561 bits per heavy atom. The first-order chi connectivity index (χ1) is 20.3. The third kappa shape index (κ3) is 3.70. The molecule has 2 heterocycles. The highest BCUT2D eigenvalue weighted by atomic mass is 16.3. The monoisotopic (exact) mass is 526 g/mol. The number of hydrogen-bond donors (Lipinski definition) is 0. The Morgan fingerprint density at radius 3 is 1.93 bits per heavy atom. The van der Waals surface area contributed by atoms with E-state index in [0.717, 1.165) is 72.3 Å². The largest absolute Gasteiger partial charge is 0.455 e. The number of nitrogens with zero attached hydrogens (tertiary/aromatic N) is 2. The predicted octanol–water partition coefficient (Wildman–Crippen LogP) is 10.2. The number of aromatic nitrogens is 2. The maximum Gasteiger partial charge on any atom is 0.149 e. The van der Waals surface area contributed by atoms with E-state index in [1.807, 2.05) is 12.1 Å². The Bertz CT molecular complexity index is 2150. The van der Waals surface area contributed by atoms with Crippen molar-refractivity contribution in [1.82, 2.24) is 9.55 Å². The molecule has 41 heavy (non-hydrogen) atoms. The highest BCUT2D eigenvalue weighted by Gasteiger charge is 2.24. The number of rotatable bonds is 4. The second kappa shape index (κ2) is 9.35. The van der Waals surface area contributed by atoms with Crippen LogP contribution in [0.25, 0.3) is 72.3 Å². The minimum Gasteiger partial charge on any atom is -0.455 e. The van der Waals surface area contributed by atoms with Crippen LogP contribution in [0.1, 0.15) is 5.56 Å². The third-order valence-electron chi connectivity index (χ3n) is 7.97. The molecule has 0 radical (unpaired) electrons. The molecule has 0 fully saturated rings. The van der Waals surface area contributed by atoms with Crippen molar-refractivity contribution in [2.24, 2.45) is 0 Å². The zero-order valence-corrected chi connectivity index (χ0v) is 22.6. The molecule has 0 amide bonds. The molecule has 0 aliphatic carbocycles. The van der Waals surface area contributed by atoms with Crippen LogP contribution in [-0.2, 0) is 0 Å². The highest BCUT2D eigenvalue weighted by molar-refractivity contribution is 6.11. The lowest BCUT2D eigenvalue weighted by atomic mass is 9.95. The summed E-state index contributed by atoms with van der Waals surface area (Å²) in [4.78, 5) is 5.28. The van der Waals surface area contributed by atoms with Crippen LogP contribution in [0, 0.1) is 6.92 Å². The van der Waals surface area contributed by atoms with Crippen LogP contribution in [0.3, 0.4) is 0 Å². The van der Waals surface area contributed by atoms with E-state index in [-0.39, 0.29) is 0 Å². The van der Waals surface area contributed by atoms with Crippen molar-refractivity contribution in [1.29, 1.82) is 0 Å². The quantitative estimate of drug-likeness (QED) is 0.228. The van der Waals surface area contributed by atoms with Crippen LogP contribution in [0.2, 0.25) is 0 Å². The van der Waals surface area contributed by atoms with Crippen LogP contribution in [0.5, 0.6) is 0 Å². The van der Waals surface area contributed by atoms with Gasteiger partial charge < -0.3 is 4.42 Å². The summed E-state index contributed by atoms with van der Waals surface area (Å²) in [5, 5.41) is 2.26. The highest BCUT2D eigenvalue weighted by Crippen LogP contribution is 2.43. The van der Waals surface area contributed by atoms with Crippen molar-refractivity contribution in [3.8, 4) is 39.3 Å². The van der Waals surface area contributed by atoms with Gasteiger partial charge in [-0.1, -0.05) is 115 Å². The Morgan fingerprint density at radius 2 is 1.20 bits per heavy atom.